The summed E-state index contributed by atoms with van der Waals surface area (Å²) >= 11 is 0. The molecule has 2 aliphatic rings. The summed E-state index contributed by atoms with van der Waals surface area (Å²) in [7, 11) is 0. The van der Waals surface area contributed by atoms with E-state index in [2.05, 4.69) is 36.1 Å². The fourth-order valence-corrected chi connectivity index (χ4v) is 4.35. The lowest BCUT2D eigenvalue weighted by Crippen LogP contribution is -2.46. The number of pyridine rings is 3. The Labute approximate surface area is 180 Å². The van der Waals surface area contributed by atoms with Crippen molar-refractivity contribution in [2.45, 2.75) is 32.7 Å². The first-order chi connectivity index (χ1) is 15.1. The maximum absolute atomic E-state index is 12.1. The van der Waals surface area contributed by atoms with Gasteiger partial charge < -0.3 is 15.2 Å². The Morgan fingerprint density at radius 1 is 1.00 bits per heavy atom. The van der Waals surface area contributed by atoms with Crippen molar-refractivity contribution in [3.8, 4) is 0 Å². The number of piperazine rings is 1. The van der Waals surface area contributed by atoms with Crippen LogP contribution in [0.5, 0.6) is 0 Å². The van der Waals surface area contributed by atoms with Crippen molar-refractivity contribution in [1.82, 2.24) is 19.9 Å². The van der Waals surface area contributed by atoms with E-state index in [9.17, 15) is 9.59 Å². The van der Waals surface area contributed by atoms with Crippen LogP contribution in [0.25, 0.3) is 11.0 Å². The number of hydrogen-bond acceptors (Lipinski definition) is 6. The molecule has 1 saturated heterocycles. The number of H-pyrrole nitrogens is 1. The minimum atomic E-state index is -0.0281. The smallest absolute Gasteiger partial charge is 0.251 e. The highest BCUT2D eigenvalue weighted by Crippen LogP contribution is 2.26. The van der Waals surface area contributed by atoms with E-state index in [-0.39, 0.29) is 11.5 Å². The third-order valence-corrected chi connectivity index (χ3v) is 6.18. The number of amides is 1. The SMILES string of the molecule is CCc1cc2ncc(CN3CCN(c4cc5c(cn4)NC(=O)CC5)CC3)cc2[nH]c1=O. The average molecular weight is 419 g/mol. The van der Waals surface area contributed by atoms with Crippen molar-refractivity contribution in [2.24, 2.45) is 0 Å². The van der Waals surface area contributed by atoms with E-state index in [0.717, 1.165) is 78.4 Å². The van der Waals surface area contributed by atoms with Crippen LogP contribution in [-0.4, -0.2) is 51.9 Å². The first kappa shape index (κ1) is 19.7. The van der Waals surface area contributed by atoms with Crippen molar-refractivity contribution in [3.63, 3.8) is 0 Å². The van der Waals surface area contributed by atoms with E-state index in [4.69, 9.17) is 0 Å². The molecule has 5 rings (SSSR count). The minimum Gasteiger partial charge on any atom is -0.354 e. The molecule has 1 amide bonds. The van der Waals surface area contributed by atoms with Crippen molar-refractivity contribution < 1.29 is 4.79 Å². The number of nitrogens with one attached hydrogen (secondary N) is 2. The van der Waals surface area contributed by atoms with Gasteiger partial charge in [-0.25, -0.2) is 4.98 Å². The molecule has 0 unspecified atom stereocenters. The Kier molecular flexibility index (Phi) is 5.15. The summed E-state index contributed by atoms with van der Waals surface area (Å²) in [5.74, 6) is 1.04. The molecule has 8 heteroatoms. The molecule has 8 nitrogen and oxygen atoms in total. The van der Waals surface area contributed by atoms with Gasteiger partial charge in [-0.05, 0) is 42.2 Å². The van der Waals surface area contributed by atoms with Gasteiger partial charge in [0.15, 0.2) is 0 Å². The summed E-state index contributed by atoms with van der Waals surface area (Å²) in [6.45, 7) is 6.43. The number of aromatic amines is 1. The van der Waals surface area contributed by atoms with E-state index in [1.54, 1.807) is 6.20 Å². The highest BCUT2D eigenvalue weighted by molar-refractivity contribution is 5.93. The van der Waals surface area contributed by atoms with Crippen LogP contribution >= 0.6 is 0 Å². The predicted octanol–water partition coefficient (Wildman–Crippen LogP) is 2.09. The first-order valence-electron chi connectivity index (χ1n) is 10.9. The van der Waals surface area contributed by atoms with Gasteiger partial charge in [-0.1, -0.05) is 6.92 Å². The monoisotopic (exact) mass is 418 g/mol. The second-order valence-electron chi connectivity index (χ2n) is 8.26. The molecule has 0 aliphatic carbocycles. The summed E-state index contributed by atoms with van der Waals surface area (Å²) in [4.78, 5) is 40.4. The van der Waals surface area contributed by atoms with E-state index < -0.39 is 0 Å². The zero-order valence-corrected chi connectivity index (χ0v) is 17.6. The highest BCUT2D eigenvalue weighted by Gasteiger charge is 2.21. The van der Waals surface area contributed by atoms with Gasteiger partial charge in [-0.3, -0.25) is 19.5 Å². The molecular formula is C23H26N6O2. The summed E-state index contributed by atoms with van der Waals surface area (Å²) in [6, 6.07) is 6.03. The number of rotatable bonds is 4. The second-order valence-corrected chi connectivity index (χ2v) is 8.26. The van der Waals surface area contributed by atoms with E-state index >= 15 is 0 Å². The number of carbonyl (C=O) groups is 1. The van der Waals surface area contributed by atoms with Crippen LogP contribution in [0.15, 0.2) is 35.4 Å². The Bertz CT molecular complexity index is 1200. The molecule has 3 aromatic heterocycles. The second kappa shape index (κ2) is 8.11. The summed E-state index contributed by atoms with van der Waals surface area (Å²) in [6.07, 6.45) is 5.70. The van der Waals surface area contributed by atoms with Gasteiger partial charge in [0.1, 0.15) is 5.82 Å². The largest absolute Gasteiger partial charge is 0.354 e. The van der Waals surface area contributed by atoms with Crippen molar-refractivity contribution in [3.05, 3.63) is 57.6 Å². The molecule has 1 fully saturated rings. The maximum Gasteiger partial charge on any atom is 0.251 e. The van der Waals surface area contributed by atoms with E-state index in [0.29, 0.717) is 12.8 Å². The van der Waals surface area contributed by atoms with Gasteiger partial charge in [0.05, 0.1) is 22.9 Å². The fourth-order valence-electron chi connectivity index (χ4n) is 4.35. The number of carbonyl (C=O) groups excluding carboxylic acids is 1. The predicted molar refractivity (Wildman–Crippen MR) is 120 cm³/mol. The molecule has 3 aromatic rings. The van der Waals surface area contributed by atoms with E-state index in [1.165, 1.54) is 0 Å². The van der Waals surface area contributed by atoms with Gasteiger partial charge >= 0.3 is 0 Å². The number of aryl methyl sites for hydroxylation is 2. The molecule has 5 heterocycles. The molecule has 160 valence electrons. The number of fused-ring (bicyclic) bond motifs is 2. The van der Waals surface area contributed by atoms with Crippen molar-refractivity contribution in [2.75, 3.05) is 36.4 Å². The van der Waals surface area contributed by atoms with Gasteiger partial charge in [0.25, 0.3) is 5.56 Å². The van der Waals surface area contributed by atoms with Crippen LogP contribution < -0.4 is 15.8 Å². The fraction of sp³-hybridized carbons (Fsp3) is 0.391. The number of hydrogen-bond donors (Lipinski definition) is 2. The molecule has 2 N–H and O–H groups in total. The molecule has 0 saturated carbocycles. The van der Waals surface area contributed by atoms with Gasteiger partial charge in [0.2, 0.25) is 5.91 Å². The molecule has 0 atom stereocenters. The van der Waals surface area contributed by atoms with Gasteiger partial charge in [-0.15, -0.1) is 0 Å². The quantitative estimate of drug-likeness (QED) is 0.674. The van der Waals surface area contributed by atoms with Crippen LogP contribution in [0.4, 0.5) is 11.5 Å². The number of anilines is 2. The molecular weight excluding hydrogens is 392 g/mol. The molecule has 0 aromatic carbocycles. The lowest BCUT2D eigenvalue weighted by molar-refractivity contribution is -0.116. The Morgan fingerprint density at radius 2 is 1.84 bits per heavy atom. The highest BCUT2D eigenvalue weighted by atomic mass is 16.1. The molecule has 31 heavy (non-hydrogen) atoms. The van der Waals surface area contributed by atoms with Crippen LogP contribution in [-0.2, 0) is 24.2 Å². The Morgan fingerprint density at radius 3 is 2.65 bits per heavy atom. The third kappa shape index (κ3) is 4.03. The maximum atomic E-state index is 12.1. The molecule has 0 radical (unpaired) electrons. The lowest BCUT2D eigenvalue weighted by atomic mass is 10.0. The number of nitrogens with zero attached hydrogens (tertiary/aromatic N) is 4. The summed E-state index contributed by atoms with van der Waals surface area (Å²) < 4.78 is 0. The molecule has 0 bridgehead atoms. The van der Waals surface area contributed by atoms with E-state index in [1.807, 2.05) is 25.3 Å². The topological polar surface area (TPSA) is 94.2 Å². The lowest BCUT2D eigenvalue weighted by Gasteiger charge is -2.35. The molecule has 0 spiro atoms. The summed E-state index contributed by atoms with van der Waals surface area (Å²) in [5.41, 5.74) is 5.47. The first-order valence-corrected chi connectivity index (χ1v) is 10.9. The van der Waals surface area contributed by atoms with Crippen LogP contribution in [0, 0.1) is 0 Å². The van der Waals surface area contributed by atoms with Crippen LogP contribution in [0.2, 0.25) is 0 Å². The standard InChI is InChI=1S/C23H26N6O2/c1-2-16-10-18-19(27-23(16)31)9-15(12-24-18)14-28-5-7-29(8-6-28)21-11-17-3-4-22(30)26-20(17)13-25-21/h9-13H,2-8,14H2,1H3,(H,26,30)(H,27,31). The third-order valence-electron chi connectivity index (χ3n) is 6.18. The zero-order chi connectivity index (χ0) is 21.4. The van der Waals surface area contributed by atoms with Gasteiger partial charge in [-0.2, -0.15) is 0 Å². The average Bonchev–Trinajstić information content (AvgIpc) is 2.79. The molecule has 2 aliphatic heterocycles. The zero-order valence-electron chi connectivity index (χ0n) is 17.6. The van der Waals surface area contributed by atoms with Gasteiger partial charge in [0, 0.05) is 50.9 Å². The Hall–Kier alpha value is -3.26. The minimum absolute atomic E-state index is 0.0281. The van der Waals surface area contributed by atoms with Crippen molar-refractivity contribution in [1.29, 1.82) is 0 Å². The van der Waals surface area contributed by atoms with Crippen LogP contribution in [0.1, 0.15) is 30.0 Å². The van der Waals surface area contributed by atoms with Crippen LogP contribution in [0.3, 0.4) is 0 Å². The summed E-state index contributed by atoms with van der Waals surface area (Å²) in [5, 5.41) is 2.89. The number of aromatic nitrogens is 3. The Balaban J connectivity index is 1.24. The van der Waals surface area contributed by atoms with Crippen molar-refractivity contribution >= 4 is 28.4 Å². The normalized spacial score (nSPS) is 16.9.